The van der Waals surface area contributed by atoms with Gasteiger partial charge in [0, 0.05) is 26.2 Å². The van der Waals surface area contributed by atoms with E-state index in [-0.39, 0.29) is 18.5 Å². The van der Waals surface area contributed by atoms with E-state index in [1.807, 2.05) is 6.92 Å². The molecule has 1 heterocycles. The molecule has 1 unspecified atom stereocenters. The summed E-state index contributed by atoms with van der Waals surface area (Å²) in [6, 6.07) is -0.277. The molecule has 1 atom stereocenters. The van der Waals surface area contributed by atoms with Crippen LogP contribution in [0.1, 0.15) is 39.5 Å². The first kappa shape index (κ1) is 16.6. The molecule has 0 aromatic heterocycles. The van der Waals surface area contributed by atoms with Crippen molar-refractivity contribution in [3.63, 3.8) is 0 Å². The van der Waals surface area contributed by atoms with Crippen molar-refractivity contribution >= 4 is 17.9 Å². The summed E-state index contributed by atoms with van der Waals surface area (Å²) in [5.41, 5.74) is -1.35. The summed E-state index contributed by atoms with van der Waals surface area (Å²) in [6.07, 6.45) is 3.02. The van der Waals surface area contributed by atoms with Gasteiger partial charge in [-0.25, -0.2) is 4.79 Å². The van der Waals surface area contributed by atoms with E-state index >= 15 is 0 Å². The number of nitrogens with one attached hydrogen (secondary N) is 2. The molecule has 0 bridgehead atoms. The van der Waals surface area contributed by atoms with Crippen LogP contribution in [0.5, 0.6) is 0 Å². The molecule has 0 aromatic carbocycles. The summed E-state index contributed by atoms with van der Waals surface area (Å²) in [5, 5.41) is 14.8. The zero-order chi connectivity index (χ0) is 16.4. The zero-order valence-corrected chi connectivity index (χ0v) is 13.3. The van der Waals surface area contributed by atoms with Crippen molar-refractivity contribution in [3.05, 3.63) is 0 Å². The molecule has 1 aliphatic heterocycles. The molecule has 7 heteroatoms. The fraction of sp³-hybridized carbons (Fsp3) is 0.800. The average Bonchev–Trinajstić information content (AvgIpc) is 2.82. The highest BCUT2D eigenvalue weighted by Crippen LogP contribution is 2.40. The second-order valence-electron chi connectivity index (χ2n) is 6.69. The summed E-state index contributed by atoms with van der Waals surface area (Å²) < 4.78 is 0. The maximum absolute atomic E-state index is 12.2. The van der Waals surface area contributed by atoms with Crippen molar-refractivity contribution in [2.75, 3.05) is 26.2 Å². The Morgan fingerprint density at radius 1 is 1.18 bits per heavy atom. The second-order valence-corrected chi connectivity index (χ2v) is 6.69. The molecule has 2 fully saturated rings. The Labute approximate surface area is 130 Å². The molecule has 2 aliphatic rings. The number of amides is 3. The van der Waals surface area contributed by atoms with Crippen LogP contribution in [0.15, 0.2) is 0 Å². The normalized spacial score (nSPS) is 26.2. The van der Waals surface area contributed by atoms with E-state index in [9.17, 15) is 19.5 Å². The largest absolute Gasteiger partial charge is 0.481 e. The van der Waals surface area contributed by atoms with Crippen molar-refractivity contribution in [3.8, 4) is 0 Å². The van der Waals surface area contributed by atoms with Crippen LogP contribution in [0, 0.1) is 10.8 Å². The monoisotopic (exact) mass is 311 g/mol. The number of hydrogen-bond acceptors (Lipinski definition) is 3. The number of carbonyl (C=O) groups excluding carboxylic acids is 2. The molecule has 22 heavy (non-hydrogen) atoms. The second kappa shape index (κ2) is 6.14. The van der Waals surface area contributed by atoms with Crippen molar-refractivity contribution in [2.24, 2.45) is 10.8 Å². The molecule has 124 valence electrons. The zero-order valence-electron chi connectivity index (χ0n) is 13.3. The maximum Gasteiger partial charge on any atom is 0.317 e. The van der Waals surface area contributed by atoms with Crippen LogP contribution in [-0.2, 0) is 9.59 Å². The van der Waals surface area contributed by atoms with E-state index in [4.69, 9.17) is 0 Å². The summed E-state index contributed by atoms with van der Waals surface area (Å²) in [6.45, 7) is 5.07. The Morgan fingerprint density at radius 3 is 2.32 bits per heavy atom. The van der Waals surface area contributed by atoms with Crippen LogP contribution < -0.4 is 10.6 Å². The van der Waals surface area contributed by atoms with E-state index < -0.39 is 16.8 Å². The Bertz CT molecular complexity index is 475. The molecule has 2 rings (SSSR count). The number of nitrogens with zero attached hydrogens (tertiary/aromatic N) is 1. The Morgan fingerprint density at radius 2 is 1.86 bits per heavy atom. The highest BCUT2D eigenvalue weighted by Gasteiger charge is 2.45. The van der Waals surface area contributed by atoms with Crippen LogP contribution in [0.2, 0.25) is 0 Å². The van der Waals surface area contributed by atoms with Gasteiger partial charge >= 0.3 is 12.0 Å². The Balaban J connectivity index is 1.88. The standard InChI is InChI=1S/C15H25N3O4/c1-3-16-11(19)15(5-4-6-15)9-17-13(22)18-8-7-14(2,10-18)12(20)21/h3-10H2,1-2H3,(H,16,19)(H,17,22)(H,20,21). The number of carbonyl (C=O) groups is 3. The van der Waals surface area contributed by atoms with E-state index in [2.05, 4.69) is 10.6 Å². The molecule has 7 nitrogen and oxygen atoms in total. The number of aliphatic carboxylic acids is 1. The fourth-order valence-corrected chi connectivity index (χ4v) is 3.10. The minimum absolute atomic E-state index is 0.00153. The van der Waals surface area contributed by atoms with Crippen molar-refractivity contribution in [2.45, 2.75) is 39.5 Å². The van der Waals surface area contributed by atoms with Crippen molar-refractivity contribution in [1.29, 1.82) is 0 Å². The lowest BCUT2D eigenvalue weighted by atomic mass is 9.68. The van der Waals surface area contributed by atoms with Gasteiger partial charge in [-0.2, -0.15) is 0 Å². The van der Waals surface area contributed by atoms with Gasteiger partial charge in [-0.05, 0) is 33.1 Å². The van der Waals surface area contributed by atoms with E-state index in [0.29, 0.717) is 26.1 Å². The van der Waals surface area contributed by atoms with Gasteiger partial charge in [0.15, 0.2) is 0 Å². The molecule has 1 saturated carbocycles. The van der Waals surface area contributed by atoms with Gasteiger partial charge in [0.2, 0.25) is 5.91 Å². The van der Waals surface area contributed by atoms with Crippen LogP contribution in [0.4, 0.5) is 4.79 Å². The quantitative estimate of drug-likeness (QED) is 0.699. The Hall–Kier alpha value is -1.79. The van der Waals surface area contributed by atoms with Gasteiger partial charge in [-0.3, -0.25) is 9.59 Å². The third-order valence-corrected chi connectivity index (χ3v) is 4.98. The van der Waals surface area contributed by atoms with Crippen molar-refractivity contribution < 1.29 is 19.5 Å². The highest BCUT2D eigenvalue weighted by atomic mass is 16.4. The predicted molar refractivity (Wildman–Crippen MR) is 80.3 cm³/mol. The van der Waals surface area contributed by atoms with Gasteiger partial charge in [-0.15, -0.1) is 0 Å². The number of rotatable bonds is 5. The van der Waals surface area contributed by atoms with Gasteiger partial charge in [0.05, 0.1) is 10.8 Å². The van der Waals surface area contributed by atoms with E-state index in [1.54, 1.807) is 6.92 Å². The fourth-order valence-electron chi connectivity index (χ4n) is 3.10. The molecule has 1 aliphatic carbocycles. The summed E-state index contributed by atoms with van der Waals surface area (Å²) in [5.74, 6) is -0.876. The van der Waals surface area contributed by atoms with Crippen LogP contribution >= 0.6 is 0 Å². The molecule has 0 spiro atoms. The first-order valence-electron chi connectivity index (χ1n) is 7.87. The minimum atomic E-state index is -0.874. The minimum Gasteiger partial charge on any atom is -0.481 e. The lowest BCUT2D eigenvalue weighted by molar-refractivity contribution is -0.147. The predicted octanol–water partition coefficient (Wildman–Crippen LogP) is 0.799. The Kier molecular flexibility index (Phi) is 4.63. The van der Waals surface area contributed by atoms with Crippen LogP contribution in [0.3, 0.4) is 0 Å². The van der Waals surface area contributed by atoms with Gasteiger partial charge in [0.1, 0.15) is 0 Å². The lowest BCUT2D eigenvalue weighted by Gasteiger charge is -2.40. The maximum atomic E-state index is 12.2. The number of carboxylic acids is 1. The number of likely N-dealkylation sites (tertiary alicyclic amines) is 1. The van der Waals surface area contributed by atoms with Crippen LogP contribution in [-0.4, -0.2) is 54.1 Å². The third-order valence-electron chi connectivity index (χ3n) is 4.98. The van der Waals surface area contributed by atoms with Crippen molar-refractivity contribution in [1.82, 2.24) is 15.5 Å². The highest BCUT2D eigenvalue weighted by molar-refractivity contribution is 5.85. The van der Waals surface area contributed by atoms with Gasteiger partial charge in [0.25, 0.3) is 0 Å². The smallest absolute Gasteiger partial charge is 0.317 e. The number of hydrogen-bond donors (Lipinski definition) is 3. The number of carboxylic acid groups (broad SMARTS) is 1. The summed E-state index contributed by atoms with van der Waals surface area (Å²) in [7, 11) is 0. The first-order chi connectivity index (χ1) is 10.3. The molecule has 1 saturated heterocycles. The van der Waals surface area contributed by atoms with Gasteiger partial charge in [-0.1, -0.05) is 6.42 Å². The van der Waals surface area contributed by atoms with E-state index in [1.165, 1.54) is 4.90 Å². The van der Waals surface area contributed by atoms with E-state index in [0.717, 1.165) is 19.3 Å². The average molecular weight is 311 g/mol. The van der Waals surface area contributed by atoms with Crippen LogP contribution in [0.25, 0.3) is 0 Å². The molecule has 0 radical (unpaired) electrons. The molecule has 0 aromatic rings. The summed E-state index contributed by atoms with van der Waals surface area (Å²) >= 11 is 0. The first-order valence-corrected chi connectivity index (χ1v) is 7.87. The van der Waals surface area contributed by atoms with Gasteiger partial charge < -0.3 is 20.6 Å². The SMILES string of the molecule is CCNC(=O)C1(CNC(=O)N2CCC(C)(C(=O)O)C2)CCC1. The number of urea groups is 1. The third kappa shape index (κ3) is 3.03. The molecular formula is C15H25N3O4. The molecular weight excluding hydrogens is 286 g/mol. The lowest BCUT2D eigenvalue weighted by Crippen LogP contribution is -2.54. The molecule has 3 amide bonds. The summed E-state index contributed by atoms with van der Waals surface area (Å²) in [4.78, 5) is 37.1. The molecule has 3 N–H and O–H groups in total. The topological polar surface area (TPSA) is 98.7 Å².